The first-order chi connectivity index (χ1) is 13.6. The predicted octanol–water partition coefficient (Wildman–Crippen LogP) is 1.42. The lowest BCUT2D eigenvalue weighted by Gasteiger charge is -2.19. The largest absolute Gasteiger partial charge is 0.352 e. The smallest absolute Gasteiger partial charge is 0.253 e. The summed E-state index contributed by atoms with van der Waals surface area (Å²) < 4.78 is 0. The topological polar surface area (TPSA) is 91.4 Å². The van der Waals surface area contributed by atoms with Crippen LogP contribution in [0.3, 0.4) is 0 Å². The standard InChI is InChI=1S/C21H22N4O3/c26-19(25-12-14-4-1-2-5-15(14)13-25)6-3-8-23-20(27)17-10-22-11-18-16(17)7-9-24-21(18)28/h1-2,4-5,10-11H,3,6-9,12-13H2,(H,23,27)(H,24,28). The van der Waals surface area contributed by atoms with Gasteiger partial charge in [0.25, 0.3) is 11.8 Å². The van der Waals surface area contributed by atoms with Crippen LogP contribution in [-0.2, 0) is 24.3 Å². The molecule has 144 valence electrons. The van der Waals surface area contributed by atoms with Gasteiger partial charge in [-0.1, -0.05) is 24.3 Å². The van der Waals surface area contributed by atoms with Crippen LogP contribution in [0.1, 0.15) is 50.2 Å². The lowest BCUT2D eigenvalue weighted by molar-refractivity contribution is -0.131. The zero-order chi connectivity index (χ0) is 19.5. The van der Waals surface area contributed by atoms with E-state index in [2.05, 4.69) is 27.8 Å². The fraction of sp³-hybridized carbons (Fsp3) is 0.333. The highest BCUT2D eigenvalue weighted by Gasteiger charge is 2.24. The maximum absolute atomic E-state index is 12.5. The first-order valence-corrected chi connectivity index (χ1v) is 9.51. The number of hydrogen-bond acceptors (Lipinski definition) is 4. The Balaban J connectivity index is 1.27. The predicted molar refractivity (Wildman–Crippen MR) is 103 cm³/mol. The molecular formula is C21H22N4O3. The molecule has 28 heavy (non-hydrogen) atoms. The molecular weight excluding hydrogens is 356 g/mol. The van der Waals surface area contributed by atoms with Crippen molar-refractivity contribution in [2.24, 2.45) is 0 Å². The lowest BCUT2D eigenvalue weighted by atomic mass is 9.97. The van der Waals surface area contributed by atoms with E-state index < -0.39 is 0 Å². The Morgan fingerprint density at radius 3 is 2.64 bits per heavy atom. The van der Waals surface area contributed by atoms with Crippen molar-refractivity contribution in [2.45, 2.75) is 32.4 Å². The van der Waals surface area contributed by atoms with Crippen molar-refractivity contribution in [3.63, 3.8) is 0 Å². The van der Waals surface area contributed by atoms with Crippen LogP contribution in [0.4, 0.5) is 0 Å². The molecule has 1 aromatic heterocycles. The third kappa shape index (κ3) is 3.60. The first-order valence-electron chi connectivity index (χ1n) is 9.51. The Labute approximate surface area is 163 Å². The minimum atomic E-state index is -0.250. The van der Waals surface area contributed by atoms with E-state index in [1.54, 1.807) is 0 Å². The summed E-state index contributed by atoms with van der Waals surface area (Å²) in [6.07, 6.45) is 4.56. The second-order valence-electron chi connectivity index (χ2n) is 7.10. The molecule has 2 aromatic rings. The quantitative estimate of drug-likeness (QED) is 0.770. The summed E-state index contributed by atoms with van der Waals surface area (Å²) in [5, 5.41) is 5.60. The maximum atomic E-state index is 12.5. The number of amides is 3. The lowest BCUT2D eigenvalue weighted by Crippen LogP contribution is -2.35. The van der Waals surface area contributed by atoms with Gasteiger partial charge in [-0.05, 0) is 29.5 Å². The minimum Gasteiger partial charge on any atom is -0.352 e. The number of carbonyl (C=O) groups is 3. The molecule has 1 aromatic carbocycles. The summed E-state index contributed by atoms with van der Waals surface area (Å²) in [5.74, 6) is -0.346. The van der Waals surface area contributed by atoms with E-state index in [9.17, 15) is 14.4 Å². The maximum Gasteiger partial charge on any atom is 0.253 e. The average molecular weight is 378 g/mol. The van der Waals surface area contributed by atoms with E-state index in [-0.39, 0.29) is 17.7 Å². The number of nitrogens with zero attached hydrogens (tertiary/aromatic N) is 2. The van der Waals surface area contributed by atoms with E-state index in [0.717, 1.165) is 5.56 Å². The van der Waals surface area contributed by atoms with Crippen molar-refractivity contribution in [2.75, 3.05) is 13.1 Å². The molecule has 0 atom stereocenters. The molecule has 0 saturated heterocycles. The van der Waals surface area contributed by atoms with Crippen molar-refractivity contribution in [1.29, 1.82) is 0 Å². The van der Waals surface area contributed by atoms with E-state index in [1.807, 2.05) is 17.0 Å². The van der Waals surface area contributed by atoms with Gasteiger partial charge in [0, 0.05) is 45.0 Å². The van der Waals surface area contributed by atoms with Crippen molar-refractivity contribution in [3.8, 4) is 0 Å². The molecule has 4 rings (SSSR count). The normalized spacial score (nSPS) is 14.9. The van der Waals surface area contributed by atoms with Crippen LogP contribution in [0, 0.1) is 0 Å². The van der Waals surface area contributed by atoms with Crippen LogP contribution >= 0.6 is 0 Å². The highest BCUT2D eigenvalue weighted by molar-refractivity contribution is 6.02. The molecule has 7 heteroatoms. The SMILES string of the molecule is O=C(NCCCC(=O)N1Cc2ccccc2C1)c1cncc2c1CCNC2=O. The van der Waals surface area contributed by atoms with Crippen LogP contribution in [0.25, 0.3) is 0 Å². The number of rotatable bonds is 5. The Kier molecular flexibility index (Phi) is 5.06. The van der Waals surface area contributed by atoms with Gasteiger partial charge in [-0.3, -0.25) is 19.4 Å². The van der Waals surface area contributed by atoms with Crippen molar-refractivity contribution in [1.82, 2.24) is 20.5 Å². The summed E-state index contributed by atoms with van der Waals surface area (Å²) in [5.41, 5.74) is 4.04. The summed E-state index contributed by atoms with van der Waals surface area (Å²) in [7, 11) is 0. The molecule has 2 aliphatic heterocycles. The van der Waals surface area contributed by atoms with Crippen LogP contribution in [-0.4, -0.2) is 40.7 Å². The number of nitrogens with one attached hydrogen (secondary N) is 2. The summed E-state index contributed by atoms with van der Waals surface area (Å²) in [6.45, 7) is 2.24. The summed E-state index contributed by atoms with van der Waals surface area (Å²) in [4.78, 5) is 42.7. The average Bonchev–Trinajstić information content (AvgIpc) is 3.15. The molecule has 0 aliphatic carbocycles. The molecule has 0 radical (unpaired) electrons. The number of fused-ring (bicyclic) bond motifs is 2. The molecule has 2 aliphatic rings. The fourth-order valence-electron chi connectivity index (χ4n) is 3.75. The van der Waals surface area contributed by atoms with Gasteiger partial charge in [0.15, 0.2) is 0 Å². The molecule has 3 amide bonds. The molecule has 0 saturated carbocycles. The molecule has 2 N–H and O–H groups in total. The molecule has 0 bridgehead atoms. The molecule has 7 nitrogen and oxygen atoms in total. The second kappa shape index (κ2) is 7.80. The second-order valence-corrected chi connectivity index (χ2v) is 7.10. The van der Waals surface area contributed by atoms with E-state index in [0.29, 0.717) is 56.6 Å². The van der Waals surface area contributed by atoms with Crippen LogP contribution in [0.15, 0.2) is 36.7 Å². The van der Waals surface area contributed by atoms with Gasteiger partial charge >= 0.3 is 0 Å². The first kappa shape index (κ1) is 18.2. The molecule has 0 fully saturated rings. The van der Waals surface area contributed by atoms with Gasteiger partial charge in [-0.2, -0.15) is 0 Å². The Morgan fingerprint density at radius 1 is 1.14 bits per heavy atom. The number of hydrogen-bond donors (Lipinski definition) is 2. The van der Waals surface area contributed by atoms with Crippen molar-refractivity contribution < 1.29 is 14.4 Å². The zero-order valence-electron chi connectivity index (χ0n) is 15.5. The number of benzene rings is 1. The van der Waals surface area contributed by atoms with Gasteiger partial charge < -0.3 is 15.5 Å². The molecule has 3 heterocycles. The summed E-state index contributed by atoms with van der Waals surface area (Å²) in [6, 6.07) is 8.08. The molecule has 0 spiro atoms. The highest BCUT2D eigenvalue weighted by Crippen LogP contribution is 2.23. The molecule has 0 unspecified atom stereocenters. The Hall–Kier alpha value is -3.22. The fourth-order valence-corrected chi connectivity index (χ4v) is 3.75. The number of pyridine rings is 1. The van der Waals surface area contributed by atoms with Gasteiger partial charge in [0.05, 0.1) is 11.1 Å². The third-order valence-electron chi connectivity index (χ3n) is 5.25. The number of aromatic nitrogens is 1. The van der Waals surface area contributed by atoms with E-state index in [4.69, 9.17) is 0 Å². The van der Waals surface area contributed by atoms with E-state index >= 15 is 0 Å². The van der Waals surface area contributed by atoms with Gasteiger partial charge in [-0.25, -0.2) is 0 Å². The zero-order valence-corrected chi connectivity index (χ0v) is 15.5. The van der Waals surface area contributed by atoms with E-state index in [1.165, 1.54) is 23.5 Å². The van der Waals surface area contributed by atoms with Crippen LogP contribution in [0.5, 0.6) is 0 Å². The third-order valence-corrected chi connectivity index (χ3v) is 5.25. The highest BCUT2D eigenvalue weighted by atomic mass is 16.2. The Morgan fingerprint density at radius 2 is 1.89 bits per heavy atom. The van der Waals surface area contributed by atoms with Crippen LogP contribution < -0.4 is 10.6 Å². The number of carbonyl (C=O) groups excluding carboxylic acids is 3. The minimum absolute atomic E-state index is 0.0980. The van der Waals surface area contributed by atoms with Crippen LogP contribution in [0.2, 0.25) is 0 Å². The van der Waals surface area contributed by atoms with Gasteiger partial charge in [0.2, 0.25) is 5.91 Å². The van der Waals surface area contributed by atoms with Crippen molar-refractivity contribution in [3.05, 3.63) is 64.5 Å². The van der Waals surface area contributed by atoms with Gasteiger partial charge in [0.1, 0.15) is 0 Å². The monoisotopic (exact) mass is 378 g/mol. The van der Waals surface area contributed by atoms with Gasteiger partial charge in [-0.15, -0.1) is 0 Å². The summed E-state index contributed by atoms with van der Waals surface area (Å²) >= 11 is 0. The Bertz CT molecular complexity index is 916. The van der Waals surface area contributed by atoms with Crippen molar-refractivity contribution >= 4 is 17.7 Å².